The minimum Gasteiger partial charge on any atom is -0.377 e. The summed E-state index contributed by atoms with van der Waals surface area (Å²) in [5.41, 5.74) is 5.36. The lowest BCUT2D eigenvalue weighted by atomic mass is 10.1. The molecule has 0 unspecified atom stereocenters. The van der Waals surface area contributed by atoms with Gasteiger partial charge in [-0.2, -0.15) is 0 Å². The van der Waals surface area contributed by atoms with E-state index in [-0.39, 0.29) is 6.67 Å². The second-order valence-corrected chi connectivity index (χ2v) is 3.74. The van der Waals surface area contributed by atoms with E-state index in [0.717, 1.165) is 32.5 Å². The average molecular weight is 204 g/mol. The number of nitrogens with zero attached hydrogens (tertiary/aromatic N) is 1. The zero-order valence-corrected chi connectivity index (χ0v) is 8.75. The second-order valence-electron chi connectivity index (χ2n) is 3.74. The monoisotopic (exact) mass is 204 g/mol. The van der Waals surface area contributed by atoms with Gasteiger partial charge in [-0.05, 0) is 19.3 Å². The van der Waals surface area contributed by atoms with Crippen molar-refractivity contribution in [2.75, 3.05) is 39.5 Å². The van der Waals surface area contributed by atoms with Gasteiger partial charge >= 0.3 is 0 Å². The molecule has 1 fully saturated rings. The van der Waals surface area contributed by atoms with Crippen LogP contribution in [0.1, 0.15) is 19.3 Å². The van der Waals surface area contributed by atoms with Gasteiger partial charge in [0.1, 0.15) is 0 Å². The SMILES string of the molecule is NCCOC1CCN(CCCF)CC1. The fourth-order valence-corrected chi connectivity index (χ4v) is 1.82. The molecule has 4 heteroatoms. The van der Waals surface area contributed by atoms with E-state index < -0.39 is 0 Å². The summed E-state index contributed by atoms with van der Waals surface area (Å²) < 4.78 is 17.5. The van der Waals surface area contributed by atoms with Crippen LogP contribution in [0.2, 0.25) is 0 Å². The van der Waals surface area contributed by atoms with Gasteiger partial charge in [0.15, 0.2) is 0 Å². The molecule has 0 radical (unpaired) electrons. The van der Waals surface area contributed by atoms with Crippen molar-refractivity contribution in [2.24, 2.45) is 5.73 Å². The van der Waals surface area contributed by atoms with Crippen LogP contribution < -0.4 is 5.73 Å². The smallest absolute Gasteiger partial charge is 0.0906 e. The molecule has 0 aromatic carbocycles. The Bertz CT molecular complexity index is 122. The van der Waals surface area contributed by atoms with E-state index in [4.69, 9.17) is 10.5 Å². The van der Waals surface area contributed by atoms with Crippen LogP contribution in [0.25, 0.3) is 0 Å². The number of nitrogens with two attached hydrogens (primary N) is 1. The van der Waals surface area contributed by atoms with Crippen molar-refractivity contribution in [1.29, 1.82) is 0 Å². The first-order chi connectivity index (χ1) is 6.86. The van der Waals surface area contributed by atoms with Gasteiger partial charge < -0.3 is 15.4 Å². The van der Waals surface area contributed by atoms with Crippen LogP contribution in [0, 0.1) is 0 Å². The fourth-order valence-electron chi connectivity index (χ4n) is 1.82. The van der Waals surface area contributed by atoms with Crippen LogP contribution in [0.15, 0.2) is 0 Å². The third-order valence-electron chi connectivity index (χ3n) is 2.61. The van der Waals surface area contributed by atoms with Gasteiger partial charge in [0.05, 0.1) is 19.4 Å². The van der Waals surface area contributed by atoms with E-state index in [1.807, 2.05) is 0 Å². The molecule has 0 spiro atoms. The first-order valence-electron chi connectivity index (χ1n) is 5.47. The number of ether oxygens (including phenoxy) is 1. The van der Waals surface area contributed by atoms with Crippen LogP contribution in [-0.4, -0.2) is 50.5 Å². The van der Waals surface area contributed by atoms with Gasteiger partial charge in [-0.3, -0.25) is 4.39 Å². The number of hydrogen-bond donors (Lipinski definition) is 1. The van der Waals surface area contributed by atoms with E-state index in [2.05, 4.69) is 4.90 Å². The van der Waals surface area contributed by atoms with E-state index in [1.54, 1.807) is 0 Å². The maximum Gasteiger partial charge on any atom is 0.0906 e. The van der Waals surface area contributed by atoms with Crippen LogP contribution in [0.4, 0.5) is 4.39 Å². The molecule has 0 bridgehead atoms. The molecular formula is C10H21FN2O. The number of rotatable bonds is 6. The predicted octanol–water partition coefficient (Wildman–Crippen LogP) is 0.786. The molecule has 1 saturated heterocycles. The molecule has 1 heterocycles. The summed E-state index contributed by atoms with van der Waals surface area (Å²) >= 11 is 0. The number of piperidine rings is 1. The highest BCUT2D eigenvalue weighted by Crippen LogP contribution is 2.13. The van der Waals surface area contributed by atoms with Crippen molar-refractivity contribution in [3.8, 4) is 0 Å². The first kappa shape index (κ1) is 11.9. The van der Waals surface area contributed by atoms with Gasteiger partial charge in [0, 0.05) is 26.2 Å². The minimum absolute atomic E-state index is 0.205. The second kappa shape index (κ2) is 7.15. The van der Waals surface area contributed by atoms with Crippen LogP contribution in [0.5, 0.6) is 0 Å². The molecule has 0 aromatic heterocycles. The topological polar surface area (TPSA) is 38.5 Å². The molecule has 1 aliphatic heterocycles. The lowest BCUT2D eigenvalue weighted by Gasteiger charge is -2.31. The Morgan fingerprint density at radius 1 is 1.36 bits per heavy atom. The van der Waals surface area contributed by atoms with E-state index in [1.165, 1.54) is 0 Å². The molecule has 1 rings (SSSR count). The number of likely N-dealkylation sites (tertiary alicyclic amines) is 1. The normalized spacial score (nSPS) is 20.1. The lowest BCUT2D eigenvalue weighted by Crippen LogP contribution is -2.38. The van der Waals surface area contributed by atoms with Gasteiger partial charge in [0.25, 0.3) is 0 Å². The third kappa shape index (κ3) is 4.35. The first-order valence-corrected chi connectivity index (χ1v) is 5.47. The molecule has 0 atom stereocenters. The molecule has 0 aliphatic carbocycles. The zero-order valence-electron chi connectivity index (χ0n) is 8.75. The van der Waals surface area contributed by atoms with Crippen molar-refractivity contribution >= 4 is 0 Å². The summed E-state index contributed by atoms with van der Waals surface area (Å²) in [6.45, 7) is 4.02. The number of alkyl halides is 1. The summed E-state index contributed by atoms with van der Waals surface area (Å²) in [6.07, 6.45) is 3.16. The highest BCUT2D eigenvalue weighted by molar-refractivity contribution is 4.72. The van der Waals surface area contributed by atoms with Crippen molar-refractivity contribution in [2.45, 2.75) is 25.4 Å². The molecule has 3 nitrogen and oxygen atoms in total. The highest BCUT2D eigenvalue weighted by atomic mass is 19.1. The van der Waals surface area contributed by atoms with Gasteiger partial charge in [-0.25, -0.2) is 0 Å². The molecule has 0 aromatic rings. The predicted molar refractivity (Wildman–Crippen MR) is 55.1 cm³/mol. The molecule has 14 heavy (non-hydrogen) atoms. The third-order valence-corrected chi connectivity index (χ3v) is 2.61. The number of hydrogen-bond acceptors (Lipinski definition) is 3. The van der Waals surface area contributed by atoms with E-state index in [0.29, 0.717) is 25.7 Å². The van der Waals surface area contributed by atoms with Crippen LogP contribution >= 0.6 is 0 Å². The number of halogens is 1. The van der Waals surface area contributed by atoms with E-state index in [9.17, 15) is 4.39 Å². The molecule has 84 valence electrons. The summed E-state index contributed by atoms with van der Waals surface area (Å²) in [5.74, 6) is 0. The van der Waals surface area contributed by atoms with Crippen molar-refractivity contribution in [3.63, 3.8) is 0 Å². The Balaban J connectivity index is 2.05. The molecular weight excluding hydrogens is 183 g/mol. The fraction of sp³-hybridized carbons (Fsp3) is 1.00. The lowest BCUT2D eigenvalue weighted by molar-refractivity contribution is 0.0111. The maximum absolute atomic E-state index is 11.9. The minimum atomic E-state index is -0.205. The van der Waals surface area contributed by atoms with Gasteiger partial charge in [-0.1, -0.05) is 0 Å². The van der Waals surface area contributed by atoms with Crippen molar-refractivity contribution in [3.05, 3.63) is 0 Å². The molecule has 1 aliphatic rings. The summed E-state index contributed by atoms with van der Waals surface area (Å²) in [4.78, 5) is 2.31. The van der Waals surface area contributed by atoms with Gasteiger partial charge in [0.2, 0.25) is 0 Å². The summed E-state index contributed by atoms with van der Waals surface area (Å²) in [7, 11) is 0. The maximum atomic E-state index is 11.9. The zero-order chi connectivity index (χ0) is 10.2. The Kier molecular flexibility index (Phi) is 6.07. The van der Waals surface area contributed by atoms with Crippen molar-refractivity contribution < 1.29 is 9.13 Å². The average Bonchev–Trinajstić information content (AvgIpc) is 2.25. The molecule has 0 saturated carbocycles. The molecule has 2 N–H and O–H groups in total. The van der Waals surface area contributed by atoms with Gasteiger partial charge in [-0.15, -0.1) is 0 Å². The summed E-state index contributed by atoms with van der Waals surface area (Å²) in [6, 6.07) is 0. The highest BCUT2D eigenvalue weighted by Gasteiger charge is 2.18. The Labute approximate surface area is 85.4 Å². The molecule has 0 amide bonds. The Morgan fingerprint density at radius 3 is 2.64 bits per heavy atom. The van der Waals surface area contributed by atoms with Crippen molar-refractivity contribution in [1.82, 2.24) is 4.90 Å². The largest absolute Gasteiger partial charge is 0.377 e. The van der Waals surface area contributed by atoms with Crippen LogP contribution in [-0.2, 0) is 4.74 Å². The Morgan fingerprint density at radius 2 is 2.07 bits per heavy atom. The van der Waals surface area contributed by atoms with E-state index >= 15 is 0 Å². The summed E-state index contributed by atoms with van der Waals surface area (Å²) in [5, 5.41) is 0. The van der Waals surface area contributed by atoms with Crippen LogP contribution in [0.3, 0.4) is 0 Å². The quantitative estimate of drug-likeness (QED) is 0.695. The standard InChI is InChI=1S/C10H21FN2O/c11-4-1-6-13-7-2-10(3-8-13)14-9-5-12/h10H,1-9,12H2. The Hall–Kier alpha value is -0.190.